The summed E-state index contributed by atoms with van der Waals surface area (Å²) in [7, 11) is 0. The predicted molar refractivity (Wildman–Crippen MR) is 34.5 cm³/mol. The zero-order valence-corrected chi connectivity index (χ0v) is 4.68. The highest BCUT2D eigenvalue weighted by Crippen LogP contribution is 1.77. The molecule has 0 rings (SSSR count). The van der Waals surface area contributed by atoms with Crippen molar-refractivity contribution in [2.45, 2.75) is 0 Å². The van der Waals surface area contributed by atoms with Crippen LogP contribution in [0.1, 0.15) is 0 Å². The van der Waals surface area contributed by atoms with Crippen molar-refractivity contribution in [2.75, 3.05) is 6.67 Å². The first kappa shape index (κ1) is 7.15. The van der Waals surface area contributed by atoms with Crippen molar-refractivity contribution >= 4 is 0 Å². The highest BCUT2D eigenvalue weighted by atomic mass is 19.1. The third-order valence-electron chi connectivity index (χ3n) is 0.583. The monoisotopic (exact) mass is 112 g/mol. The van der Waals surface area contributed by atoms with E-state index >= 15 is 0 Å². The van der Waals surface area contributed by atoms with Gasteiger partial charge in [-0.25, -0.2) is 4.39 Å². The molecule has 0 aromatic carbocycles. The van der Waals surface area contributed by atoms with Gasteiger partial charge in [0.15, 0.2) is 0 Å². The van der Waals surface area contributed by atoms with Gasteiger partial charge in [-0.3, -0.25) is 0 Å². The van der Waals surface area contributed by atoms with E-state index in [2.05, 4.69) is 6.58 Å². The van der Waals surface area contributed by atoms with Crippen LogP contribution >= 0.6 is 0 Å². The van der Waals surface area contributed by atoms with E-state index in [-0.39, 0.29) is 0 Å². The minimum absolute atomic E-state index is 0.401. The Morgan fingerprint density at radius 1 is 1.25 bits per heavy atom. The number of hydrogen-bond acceptors (Lipinski definition) is 0. The van der Waals surface area contributed by atoms with Gasteiger partial charge in [-0.1, -0.05) is 37.0 Å². The maximum Gasteiger partial charge on any atom is 0.108 e. The van der Waals surface area contributed by atoms with Gasteiger partial charge in [-0.2, -0.15) is 0 Å². The zero-order valence-electron chi connectivity index (χ0n) is 4.68. The normalized spacial score (nSPS) is 11.1. The van der Waals surface area contributed by atoms with Crippen LogP contribution in [0.15, 0.2) is 37.0 Å². The molecule has 0 fully saturated rings. The topological polar surface area (TPSA) is 0 Å². The smallest absolute Gasteiger partial charge is 0.108 e. The number of hydrogen-bond donors (Lipinski definition) is 0. The van der Waals surface area contributed by atoms with Crippen molar-refractivity contribution in [1.82, 2.24) is 0 Å². The van der Waals surface area contributed by atoms with Crippen molar-refractivity contribution < 1.29 is 4.39 Å². The van der Waals surface area contributed by atoms with E-state index in [9.17, 15) is 4.39 Å². The summed E-state index contributed by atoms with van der Waals surface area (Å²) < 4.78 is 11.3. The van der Waals surface area contributed by atoms with Gasteiger partial charge in [0.2, 0.25) is 0 Å². The van der Waals surface area contributed by atoms with Gasteiger partial charge < -0.3 is 0 Å². The van der Waals surface area contributed by atoms with Crippen LogP contribution in [0.5, 0.6) is 0 Å². The van der Waals surface area contributed by atoms with Crippen LogP contribution in [-0.2, 0) is 0 Å². The lowest BCUT2D eigenvalue weighted by molar-refractivity contribution is 0.562. The summed E-state index contributed by atoms with van der Waals surface area (Å²) in [6.07, 6.45) is 8.18. The molecule has 0 spiro atoms. The maximum absolute atomic E-state index is 11.3. The molecule has 0 unspecified atom stereocenters. The summed E-state index contributed by atoms with van der Waals surface area (Å²) in [6.45, 7) is 3.04. The SMILES string of the molecule is C=C/C=C/C=C/CF. The van der Waals surface area contributed by atoms with Gasteiger partial charge in [-0.05, 0) is 0 Å². The van der Waals surface area contributed by atoms with E-state index in [4.69, 9.17) is 0 Å². The third kappa shape index (κ3) is 5.15. The molecule has 0 aromatic rings. The Morgan fingerprint density at radius 3 is 2.50 bits per heavy atom. The molecule has 0 aliphatic rings. The fraction of sp³-hybridized carbons (Fsp3) is 0.143. The van der Waals surface area contributed by atoms with Crippen molar-refractivity contribution in [3.63, 3.8) is 0 Å². The van der Waals surface area contributed by atoms with Gasteiger partial charge >= 0.3 is 0 Å². The summed E-state index contributed by atoms with van der Waals surface area (Å²) >= 11 is 0. The van der Waals surface area contributed by atoms with Gasteiger partial charge in [0.05, 0.1) is 0 Å². The fourth-order valence-electron chi connectivity index (χ4n) is 0.273. The molecule has 0 aromatic heterocycles. The minimum atomic E-state index is -0.401. The molecule has 1 heteroatoms. The van der Waals surface area contributed by atoms with E-state index in [1.807, 2.05) is 0 Å². The van der Waals surface area contributed by atoms with E-state index in [1.54, 1.807) is 24.3 Å². The Labute approximate surface area is 49.0 Å². The van der Waals surface area contributed by atoms with E-state index in [0.717, 1.165) is 0 Å². The van der Waals surface area contributed by atoms with Gasteiger partial charge in [0, 0.05) is 0 Å². The second-order valence-electron chi connectivity index (χ2n) is 1.20. The summed E-state index contributed by atoms with van der Waals surface area (Å²) in [4.78, 5) is 0. The van der Waals surface area contributed by atoms with Crippen molar-refractivity contribution in [1.29, 1.82) is 0 Å². The molecule has 8 heavy (non-hydrogen) atoms. The van der Waals surface area contributed by atoms with Crippen LogP contribution in [0.4, 0.5) is 4.39 Å². The highest BCUT2D eigenvalue weighted by Gasteiger charge is 1.61. The summed E-state index contributed by atoms with van der Waals surface area (Å²) in [5, 5.41) is 0. The van der Waals surface area contributed by atoms with Crippen LogP contribution in [0.25, 0.3) is 0 Å². The molecule has 44 valence electrons. The summed E-state index contributed by atoms with van der Waals surface area (Å²) in [5.74, 6) is 0. The number of rotatable bonds is 3. The molecular formula is C7H9F. The summed E-state index contributed by atoms with van der Waals surface area (Å²) in [5.41, 5.74) is 0. The average molecular weight is 112 g/mol. The van der Waals surface area contributed by atoms with Crippen LogP contribution < -0.4 is 0 Å². The molecule has 0 radical (unpaired) electrons. The van der Waals surface area contributed by atoms with E-state index in [1.165, 1.54) is 6.08 Å². The standard InChI is InChI=1S/C7H9F/c1-2-3-4-5-6-7-8/h2-6H,1,7H2/b4-3+,6-5+. The molecule has 0 nitrogen and oxygen atoms in total. The lowest BCUT2D eigenvalue weighted by Crippen LogP contribution is -1.56. The van der Waals surface area contributed by atoms with Gasteiger partial charge in [0.25, 0.3) is 0 Å². The molecule has 0 saturated heterocycles. The molecule has 0 N–H and O–H groups in total. The maximum atomic E-state index is 11.3. The van der Waals surface area contributed by atoms with E-state index in [0.29, 0.717) is 0 Å². The quantitative estimate of drug-likeness (QED) is 0.491. The zero-order chi connectivity index (χ0) is 6.24. The molecule has 0 heterocycles. The second kappa shape index (κ2) is 6.15. The lowest BCUT2D eigenvalue weighted by Gasteiger charge is -1.69. The Morgan fingerprint density at radius 2 is 2.00 bits per heavy atom. The lowest BCUT2D eigenvalue weighted by atomic mass is 10.4. The molecule has 0 aliphatic carbocycles. The highest BCUT2D eigenvalue weighted by molar-refractivity contribution is 5.08. The Balaban J connectivity index is 3.26. The van der Waals surface area contributed by atoms with E-state index < -0.39 is 6.67 Å². The number of halogens is 1. The summed E-state index contributed by atoms with van der Waals surface area (Å²) in [6, 6.07) is 0. The van der Waals surface area contributed by atoms with Gasteiger partial charge in [0.1, 0.15) is 6.67 Å². The molecule has 0 atom stereocenters. The van der Waals surface area contributed by atoms with Crippen LogP contribution in [0.2, 0.25) is 0 Å². The van der Waals surface area contributed by atoms with Crippen LogP contribution in [0.3, 0.4) is 0 Å². The minimum Gasteiger partial charge on any atom is -0.247 e. The predicted octanol–water partition coefficient (Wildman–Crippen LogP) is 2.25. The second-order valence-corrected chi connectivity index (χ2v) is 1.20. The van der Waals surface area contributed by atoms with Crippen LogP contribution in [0, 0.1) is 0 Å². The van der Waals surface area contributed by atoms with Crippen molar-refractivity contribution in [3.8, 4) is 0 Å². The Kier molecular flexibility index (Phi) is 5.50. The molecule has 0 aliphatic heterocycles. The van der Waals surface area contributed by atoms with Crippen molar-refractivity contribution in [2.24, 2.45) is 0 Å². The van der Waals surface area contributed by atoms with Gasteiger partial charge in [-0.15, -0.1) is 0 Å². The third-order valence-corrected chi connectivity index (χ3v) is 0.583. The molecule has 0 saturated carbocycles. The number of allylic oxidation sites excluding steroid dienone is 5. The van der Waals surface area contributed by atoms with Crippen LogP contribution in [-0.4, -0.2) is 6.67 Å². The molecule has 0 amide bonds. The fourth-order valence-corrected chi connectivity index (χ4v) is 0.273. The molecule has 0 bridgehead atoms. The Hall–Kier alpha value is -0.850. The Bertz CT molecular complexity index is 101. The number of alkyl halides is 1. The first-order chi connectivity index (χ1) is 3.91. The first-order valence-corrected chi connectivity index (χ1v) is 2.42. The molecular weight excluding hydrogens is 103 g/mol. The largest absolute Gasteiger partial charge is 0.247 e. The van der Waals surface area contributed by atoms with Crippen molar-refractivity contribution in [3.05, 3.63) is 37.0 Å². The average Bonchev–Trinajstić information content (AvgIpc) is 1.81. The first-order valence-electron chi connectivity index (χ1n) is 2.42.